The first-order chi connectivity index (χ1) is 48.3. The molecule has 3 aromatic heterocycles. The molecule has 5 aromatic carbocycles. The van der Waals surface area contributed by atoms with E-state index < -0.39 is 42.4 Å². The molecule has 17 rings (SSSR count). The van der Waals surface area contributed by atoms with E-state index in [0.717, 1.165) is 111 Å². The van der Waals surface area contributed by atoms with Crippen LogP contribution in [0.4, 0.5) is 76.9 Å². The number of aryl methyl sites for hydroxylation is 3. The fourth-order valence-corrected chi connectivity index (χ4v) is 20.1. The molecule has 0 radical (unpaired) electrons. The van der Waals surface area contributed by atoms with E-state index in [0.29, 0.717) is 129 Å². The molecule has 28 heteroatoms. The number of anilines is 11. The standard InChI is InChI=1S/C26H27FN6OS.C25H26FN5O3S2.C21H22FN5OS.2CH4/c1-17-28-21-9-4-3-8-20(21)26(32(17)2)11-13-33(14-12-26)25-30-22-10-15-35(34)23(22)24(31-25)29-19-7-5-6-18(27)16-19;1-36(33,34)31-16-25(19-7-2-3-8-21(19)31)10-12-30(13-11-25)24-28-20-9-14-35(32)22(20)23(29-24)27-18-6-4-5-17(26)15-18;22-15-3-1-4-16(13-15)24-20-19-18(8-12-29(19)28)25-21(26-20)27-10-6-14(7-11-27)17-5-2-9-23-17;;/h3-9,16,28H,1,10-15H2,2H3,(H,29,30,31);2-8,15H,9-14,16H2,1H3,(H,27,28,29);1,3-5,9,13-14H,2,6-8,10-12H2,(H,24,25,26);2*1H4. The molecular formula is C74H83F3N16O5S4. The second-order valence-corrected chi connectivity index (χ2v) is 32.9. The van der Waals surface area contributed by atoms with Gasteiger partial charge in [-0.25, -0.2) is 36.5 Å². The zero-order valence-electron chi connectivity index (χ0n) is 55.3. The molecule has 0 amide bonds. The Bertz CT molecular complexity index is 4810. The normalized spacial score (nSPS) is 20.3. The van der Waals surface area contributed by atoms with Crippen LogP contribution in [0.2, 0.25) is 0 Å². The summed E-state index contributed by atoms with van der Waals surface area (Å²) in [7, 11) is -4.78. The summed E-state index contributed by atoms with van der Waals surface area (Å²) in [6.07, 6.45) is 13.6. The van der Waals surface area contributed by atoms with Gasteiger partial charge in [0, 0.05) is 147 Å². The number of hydrogen-bond donors (Lipinski definition) is 4. The number of aromatic nitrogens is 6. The van der Waals surface area contributed by atoms with Crippen molar-refractivity contribution in [2.45, 2.75) is 105 Å². The van der Waals surface area contributed by atoms with Gasteiger partial charge >= 0.3 is 0 Å². The molecular weight excluding hydrogens is 1380 g/mol. The topological polar surface area (TPSA) is 239 Å². The van der Waals surface area contributed by atoms with Crippen LogP contribution in [-0.2, 0) is 72.6 Å². The number of aliphatic imine (C=N–C) groups is 1. The molecule has 9 aliphatic heterocycles. The number of nitrogens with one attached hydrogen (secondary N) is 4. The summed E-state index contributed by atoms with van der Waals surface area (Å²) < 4.78 is 106. The zero-order chi connectivity index (χ0) is 69.0. The number of sulfonamides is 1. The molecule has 3 atom stereocenters. The van der Waals surface area contributed by atoms with Crippen LogP contribution < -0.4 is 40.3 Å². The van der Waals surface area contributed by atoms with E-state index >= 15 is 0 Å². The quantitative estimate of drug-likeness (QED) is 0.0941. The summed E-state index contributed by atoms with van der Waals surface area (Å²) >= 11 is 0. The summed E-state index contributed by atoms with van der Waals surface area (Å²) in [5.41, 5.74) is 9.16. The number of nitrogens with zero attached hydrogens (tertiary/aromatic N) is 12. The van der Waals surface area contributed by atoms with Gasteiger partial charge < -0.3 is 40.9 Å². The van der Waals surface area contributed by atoms with Crippen LogP contribution in [0.3, 0.4) is 0 Å². The summed E-state index contributed by atoms with van der Waals surface area (Å²) in [6.45, 7) is 9.26. The zero-order valence-corrected chi connectivity index (χ0v) is 58.6. The van der Waals surface area contributed by atoms with E-state index in [2.05, 4.69) is 83.8 Å². The van der Waals surface area contributed by atoms with Crippen molar-refractivity contribution in [2.24, 2.45) is 10.9 Å². The van der Waals surface area contributed by atoms with Crippen LogP contribution in [-0.4, -0.2) is 138 Å². The molecule has 0 saturated carbocycles. The van der Waals surface area contributed by atoms with Crippen molar-refractivity contribution in [3.63, 3.8) is 0 Å². The van der Waals surface area contributed by atoms with Crippen molar-refractivity contribution < 1.29 is 34.2 Å². The average Bonchev–Trinajstić information content (AvgIpc) is 1.20. The van der Waals surface area contributed by atoms with E-state index in [-0.39, 0.29) is 43.3 Å². The molecule has 3 fully saturated rings. The highest BCUT2D eigenvalue weighted by molar-refractivity contribution is 7.92. The molecule has 12 heterocycles. The molecule has 102 heavy (non-hydrogen) atoms. The molecule has 3 unspecified atom stereocenters. The summed E-state index contributed by atoms with van der Waals surface area (Å²) in [5.74, 6) is 5.25. The van der Waals surface area contributed by atoms with Gasteiger partial charge in [-0.2, -0.15) is 15.0 Å². The fraction of sp³-hybridized carbons (Fsp3) is 0.365. The number of halogens is 3. The van der Waals surface area contributed by atoms with Crippen molar-refractivity contribution >= 4 is 112 Å². The third-order valence-electron chi connectivity index (χ3n) is 20.4. The van der Waals surface area contributed by atoms with E-state index in [1.54, 1.807) is 36.4 Å². The third-order valence-corrected chi connectivity index (χ3v) is 25.9. The average molecular weight is 1460 g/mol. The van der Waals surface area contributed by atoms with Crippen molar-refractivity contribution in [1.82, 2.24) is 34.8 Å². The second-order valence-electron chi connectivity index (χ2n) is 26.4. The third kappa shape index (κ3) is 14.1. The molecule has 4 N–H and O–H groups in total. The van der Waals surface area contributed by atoms with E-state index in [9.17, 15) is 34.2 Å². The highest BCUT2D eigenvalue weighted by Gasteiger charge is 2.48. The van der Waals surface area contributed by atoms with Gasteiger partial charge in [-0.3, -0.25) is 21.9 Å². The maximum absolute atomic E-state index is 13.8. The highest BCUT2D eigenvalue weighted by atomic mass is 32.2. The Morgan fingerprint density at radius 2 is 0.990 bits per heavy atom. The summed E-state index contributed by atoms with van der Waals surface area (Å²) in [4.78, 5) is 43.7. The van der Waals surface area contributed by atoms with Crippen molar-refractivity contribution in [3.8, 4) is 0 Å². The molecule has 0 bridgehead atoms. The first-order valence-corrected chi connectivity index (χ1v) is 39.5. The van der Waals surface area contributed by atoms with Gasteiger partial charge in [0.1, 0.15) is 32.1 Å². The minimum Gasteiger partial charge on any atom is -0.352 e. The van der Waals surface area contributed by atoms with Crippen LogP contribution in [0.15, 0.2) is 165 Å². The molecule has 3 saturated heterocycles. The van der Waals surface area contributed by atoms with Crippen LogP contribution in [0, 0.1) is 23.4 Å². The van der Waals surface area contributed by atoms with E-state index in [1.165, 1.54) is 58.2 Å². The Hall–Kier alpha value is -9.12. The van der Waals surface area contributed by atoms with Crippen LogP contribution in [0.1, 0.15) is 88.0 Å². The maximum Gasteiger partial charge on any atom is 0.232 e. The Kier molecular flexibility index (Phi) is 20.5. The monoisotopic (exact) mass is 1460 g/mol. The summed E-state index contributed by atoms with van der Waals surface area (Å²) in [5, 5.41) is 12.9. The molecule has 0 aliphatic carbocycles. The molecule has 9 aliphatic rings. The lowest BCUT2D eigenvalue weighted by atomic mass is 9.74. The molecule has 8 aromatic rings. The number of allylic oxidation sites excluding steroid dienone is 2. The minimum atomic E-state index is -3.38. The Balaban J connectivity index is 0.000000136. The van der Waals surface area contributed by atoms with Crippen LogP contribution >= 0.6 is 0 Å². The van der Waals surface area contributed by atoms with Gasteiger partial charge in [0.25, 0.3) is 0 Å². The second kappa shape index (κ2) is 29.3. The predicted molar refractivity (Wildman–Crippen MR) is 402 cm³/mol. The smallest absolute Gasteiger partial charge is 0.232 e. The minimum absolute atomic E-state index is 0. The van der Waals surface area contributed by atoms with Crippen molar-refractivity contribution in [3.05, 3.63) is 191 Å². The molecule has 2 spiro atoms. The van der Waals surface area contributed by atoms with Crippen LogP contribution in [0.5, 0.6) is 0 Å². The SMILES string of the molecule is C.C.C=C1Nc2ccccc2C2(CCN(c3nc4c(c(Nc5cccc(F)c5)n3)S(=O)CC4)CC2)N1C.CS(=O)(=O)N1CC2(CCN(c3nc4c(c(Nc5cccc(F)c5)n3)S(=O)CC4)CC2)c2ccccc21.O=S1CCc2nc(N3CCC(C4=CCC=N4)CC3)nc(Nc3cccc(F)c3)c21. The van der Waals surface area contributed by atoms with E-state index in [1.807, 2.05) is 36.5 Å². The maximum atomic E-state index is 13.8. The van der Waals surface area contributed by atoms with Crippen molar-refractivity contribution in [1.29, 1.82) is 0 Å². The lowest BCUT2D eigenvalue weighted by molar-refractivity contribution is 0.119. The Morgan fingerprint density at radius 3 is 1.43 bits per heavy atom. The number of piperidine rings is 3. The Labute approximate surface area is 601 Å². The number of rotatable bonds is 11. The molecule has 21 nitrogen and oxygen atoms in total. The van der Waals surface area contributed by atoms with Gasteiger partial charge in [0.15, 0.2) is 17.5 Å². The van der Waals surface area contributed by atoms with Crippen molar-refractivity contribution in [2.75, 3.05) is 117 Å². The van der Waals surface area contributed by atoms with Gasteiger partial charge in [-0.05, 0) is 111 Å². The lowest BCUT2D eigenvalue weighted by Crippen LogP contribution is -2.54. The highest BCUT2D eigenvalue weighted by Crippen LogP contribution is 2.50. The summed E-state index contributed by atoms with van der Waals surface area (Å²) in [6, 6.07) is 34.7. The first-order valence-electron chi connectivity index (χ1n) is 33.6. The lowest BCUT2D eigenvalue weighted by Gasteiger charge is -2.52. The number of benzene rings is 5. The number of para-hydroxylation sites is 2. The molecule has 534 valence electrons. The Morgan fingerprint density at radius 1 is 0.559 bits per heavy atom. The number of hydrogen-bond acceptors (Lipinski definition) is 20. The first kappa shape index (κ1) is 71.3. The fourth-order valence-electron chi connectivity index (χ4n) is 15.2. The predicted octanol–water partition coefficient (Wildman–Crippen LogP) is 12.6. The van der Waals surface area contributed by atoms with Gasteiger partial charge in [-0.1, -0.05) is 82.1 Å². The largest absolute Gasteiger partial charge is 0.352 e. The van der Waals surface area contributed by atoms with E-state index in [4.69, 9.17) is 29.9 Å². The van der Waals surface area contributed by atoms with Gasteiger partial charge in [0.2, 0.25) is 27.9 Å². The van der Waals surface area contributed by atoms with Gasteiger partial charge in [0.05, 0.1) is 72.8 Å². The van der Waals surface area contributed by atoms with Gasteiger partial charge in [-0.15, -0.1) is 0 Å². The number of fused-ring (bicyclic) bond motifs is 7. The van der Waals surface area contributed by atoms with Crippen LogP contribution in [0.25, 0.3) is 0 Å².